The topological polar surface area (TPSA) is 163 Å². The number of nitro groups is 1. The second kappa shape index (κ2) is 18.3. The minimum atomic E-state index is -4.33. The fourth-order valence-corrected chi connectivity index (χ4v) is 9.38. The van der Waals surface area contributed by atoms with Crippen LogP contribution in [0.3, 0.4) is 0 Å². The third kappa shape index (κ3) is 10.2. The number of rotatable bonds is 16. The number of hydrogen-bond acceptors (Lipinski definition) is 11. The Labute approximate surface area is 357 Å². The molecule has 1 aliphatic carbocycles. The van der Waals surface area contributed by atoms with Crippen molar-refractivity contribution < 1.29 is 18.1 Å². The average molecular weight is 863 g/mol. The van der Waals surface area contributed by atoms with Crippen molar-refractivity contribution in [3.63, 3.8) is 0 Å². The van der Waals surface area contributed by atoms with Crippen molar-refractivity contribution in [2.75, 3.05) is 46.9 Å². The molecule has 1 saturated carbocycles. The number of nitrogens with zero attached hydrogens (tertiary/aromatic N) is 5. The Morgan fingerprint density at radius 1 is 0.900 bits per heavy atom. The first kappa shape index (κ1) is 41.0. The summed E-state index contributed by atoms with van der Waals surface area (Å²) in [6, 6.07) is 35.0. The zero-order chi connectivity index (χ0) is 41.6. The molecule has 1 saturated heterocycles. The molecule has 2 aliphatic rings. The third-order valence-corrected chi connectivity index (χ3v) is 13.3. The summed E-state index contributed by atoms with van der Waals surface area (Å²) in [5.41, 5.74) is 4.76. The van der Waals surface area contributed by atoms with Crippen molar-refractivity contribution in [2.45, 2.75) is 47.7 Å². The largest absolute Gasteiger partial charge is 0.375 e. The van der Waals surface area contributed by atoms with Crippen LogP contribution in [-0.4, -0.2) is 78.1 Å². The summed E-state index contributed by atoms with van der Waals surface area (Å²) in [5, 5.41) is 19.7. The summed E-state index contributed by atoms with van der Waals surface area (Å²) in [5.74, 6) is 0.353. The molecule has 1 unspecified atom stereocenters. The normalized spacial score (nSPS) is 15.1. The Morgan fingerprint density at radius 3 is 2.40 bits per heavy atom. The van der Waals surface area contributed by atoms with Crippen LogP contribution in [0.5, 0.6) is 0 Å². The number of fused-ring (bicyclic) bond motifs is 1. The summed E-state index contributed by atoms with van der Waals surface area (Å²) in [6.07, 6.45) is 3.26. The summed E-state index contributed by atoms with van der Waals surface area (Å²) < 4.78 is 30.1. The molecule has 1 aliphatic heterocycles. The zero-order valence-electron chi connectivity index (χ0n) is 32.5. The molecule has 1 amide bonds. The molecular weight excluding hydrogens is 820 g/mol. The maximum absolute atomic E-state index is 13.8. The Balaban J connectivity index is 0.938. The van der Waals surface area contributed by atoms with E-state index in [1.165, 1.54) is 41.3 Å². The van der Waals surface area contributed by atoms with Crippen molar-refractivity contribution in [3.05, 3.63) is 142 Å². The molecule has 0 spiro atoms. The monoisotopic (exact) mass is 862 g/mol. The lowest BCUT2D eigenvalue weighted by Gasteiger charge is -2.36. The number of carbonyl (C=O) groups is 1. The van der Waals surface area contributed by atoms with E-state index >= 15 is 0 Å². The van der Waals surface area contributed by atoms with Crippen molar-refractivity contribution in [1.29, 1.82) is 0 Å². The highest BCUT2D eigenvalue weighted by Crippen LogP contribution is 2.33. The molecule has 0 bridgehead atoms. The fourth-order valence-electron chi connectivity index (χ4n) is 7.26. The van der Waals surface area contributed by atoms with Gasteiger partial charge in [0.25, 0.3) is 15.7 Å². The van der Waals surface area contributed by atoms with Crippen LogP contribution in [-0.2, 0) is 21.4 Å². The molecule has 0 radical (unpaired) electrons. The number of carbonyl (C=O) groups excluding carboxylic acids is 1. The molecule has 2 fully saturated rings. The van der Waals surface area contributed by atoms with Gasteiger partial charge in [0.1, 0.15) is 12.0 Å². The van der Waals surface area contributed by atoms with Gasteiger partial charge in [0, 0.05) is 84.0 Å². The maximum atomic E-state index is 13.8. The first-order valence-electron chi connectivity index (χ1n) is 19.7. The van der Waals surface area contributed by atoms with Crippen LogP contribution in [0, 0.1) is 10.1 Å². The Kier molecular flexibility index (Phi) is 12.5. The summed E-state index contributed by atoms with van der Waals surface area (Å²) in [4.78, 5) is 38.6. The number of halogens is 1. The summed E-state index contributed by atoms with van der Waals surface area (Å²) in [7, 11) is -4.33. The molecule has 16 heteroatoms. The highest BCUT2D eigenvalue weighted by molar-refractivity contribution is 7.99. The minimum absolute atomic E-state index is 0.0558. The van der Waals surface area contributed by atoms with Gasteiger partial charge >= 0.3 is 0 Å². The Hall–Kier alpha value is -5.74. The first-order chi connectivity index (χ1) is 29.1. The van der Waals surface area contributed by atoms with E-state index in [4.69, 9.17) is 11.6 Å². The number of piperazine rings is 1. The fraction of sp³-hybridized carbons (Fsp3) is 0.250. The number of anilines is 3. The predicted octanol–water partition coefficient (Wildman–Crippen LogP) is 8.22. The molecule has 2 heterocycles. The lowest BCUT2D eigenvalue weighted by Crippen LogP contribution is -2.46. The van der Waals surface area contributed by atoms with Crippen molar-refractivity contribution >= 4 is 73.1 Å². The van der Waals surface area contributed by atoms with Gasteiger partial charge in [0.2, 0.25) is 5.91 Å². The van der Waals surface area contributed by atoms with Gasteiger partial charge in [-0.3, -0.25) is 24.5 Å². The number of amides is 1. The van der Waals surface area contributed by atoms with E-state index in [1.54, 1.807) is 6.07 Å². The zero-order valence-corrected chi connectivity index (χ0v) is 34.9. The molecule has 3 N–H and O–H groups in total. The van der Waals surface area contributed by atoms with Crippen LogP contribution in [0.1, 0.15) is 24.8 Å². The highest BCUT2D eigenvalue weighted by atomic mass is 35.5. The molecule has 5 aromatic carbocycles. The van der Waals surface area contributed by atoms with Gasteiger partial charge < -0.3 is 15.5 Å². The van der Waals surface area contributed by atoms with E-state index < -0.39 is 26.7 Å². The first-order valence-corrected chi connectivity index (χ1v) is 22.5. The second-order valence-electron chi connectivity index (χ2n) is 14.9. The van der Waals surface area contributed by atoms with Crippen molar-refractivity contribution in [1.82, 2.24) is 20.2 Å². The van der Waals surface area contributed by atoms with Gasteiger partial charge in [0.05, 0.1) is 15.3 Å². The Morgan fingerprint density at radius 2 is 1.65 bits per heavy atom. The molecule has 60 heavy (non-hydrogen) atoms. The molecular formula is C44H43ClN8O5S2. The maximum Gasteiger partial charge on any atom is 0.293 e. The quantitative estimate of drug-likeness (QED) is 0.0488. The standard InChI is InChI=1S/C44H43ClN8O5S2/c45-32-12-10-30(11-13-32)38-9-5-4-6-31(38)27-51-20-22-52(23-21-51)35-16-18-39-41(25-35)46-29-47-44(39)50-60(57,58)37-17-19-40(42(26-37)53(55)56)48-34(24-43(54)49-33-14-15-33)28-59-36-7-2-1-3-8-36/h1-13,16-19,25-26,29,33-34,48H,14-15,20-24,27-28H2,(H,49,54)(H,46,47,50). The van der Waals surface area contributed by atoms with Gasteiger partial charge in [-0.05, 0) is 84.1 Å². The van der Waals surface area contributed by atoms with Gasteiger partial charge in [-0.25, -0.2) is 18.4 Å². The number of nitro benzene ring substituents is 1. The van der Waals surface area contributed by atoms with E-state index in [0.29, 0.717) is 21.7 Å². The summed E-state index contributed by atoms with van der Waals surface area (Å²) in [6.45, 7) is 4.11. The van der Waals surface area contributed by atoms with Gasteiger partial charge in [-0.15, -0.1) is 11.8 Å². The smallest absolute Gasteiger partial charge is 0.293 e. The van der Waals surface area contributed by atoms with Gasteiger partial charge in [-0.2, -0.15) is 0 Å². The number of benzene rings is 5. The average Bonchev–Trinajstić information content (AvgIpc) is 4.07. The lowest BCUT2D eigenvalue weighted by atomic mass is 9.99. The number of hydrogen-bond donors (Lipinski definition) is 3. The lowest BCUT2D eigenvalue weighted by molar-refractivity contribution is -0.384. The number of sulfonamides is 1. The number of aromatic nitrogens is 2. The Bertz CT molecular complexity index is 2610. The molecule has 8 rings (SSSR count). The van der Waals surface area contributed by atoms with E-state index in [9.17, 15) is 23.3 Å². The van der Waals surface area contributed by atoms with Crippen LogP contribution in [0.25, 0.3) is 22.0 Å². The highest BCUT2D eigenvalue weighted by Gasteiger charge is 2.28. The van der Waals surface area contributed by atoms with E-state index in [-0.39, 0.29) is 34.8 Å². The van der Waals surface area contributed by atoms with E-state index in [0.717, 1.165) is 67.8 Å². The molecule has 1 aromatic heterocycles. The van der Waals surface area contributed by atoms with Crippen LogP contribution in [0.15, 0.2) is 131 Å². The van der Waals surface area contributed by atoms with Crippen LogP contribution < -0.4 is 20.3 Å². The van der Waals surface area contributed by atoms with Crippen LogP contribution >= 0.6 is 23.4 Å². The molecule has 13 nitrogen and oxygen atoms in total. The van der Waals surface area contributed by atoms with Crippen LogP contribution in [0.2, 0.25) is 5.02 Å². The number of thioether (sulfide) groups is 1. The minimum Gasteiger partial charge on any atom is -0.375 e. The summed E-state index contributed by atoms with van der Waals surface area (Å²) >= 11 is 7.66. The van der Waals surface area contributed by atoms with E-state index in [1.807, 2.05) is 66.7 Å². The van der Waals surface area contributed by atoms with Gasteiger partial charge in [-0.1, -0.05) is 66.2 Å². The second-order valence-corrected chi connectivity index (χ2v) is 18.1. The van der Waals surface area contributed by atoms with Crippen molar-refractivity contribution in [2.24, 2.45) is 0 Å². The molecule has 6 aromatic rings. The SMILES string of the molecule is O=C(CC(CSc1ccccc1)Nc1ccc(S(=O)(=O)Nc2ncnc3cc(N4CCN(Cc5ccccc5-c5ccc(Cl)cc5)CC4)ccc23)cc1[N+](=O)[O-])NC1CC1. The predicted molar refractivity (Wildman–Crippen MR) is 238 cm³/mol. The molecule has 1 atom stereocenters. The third-order valence-electron chi connectivity index (χ3n) is 10.6. The van der Waals surface area contributed by atoms with Gasteiger partial charge in [0.15, 0.2) is 5.82 Å². The van der Waals surface area contributed by atoms with E-state index in [2.05, 4.69) is 59.4 Å². The number of nitrogens with one attached hydrogen (secondary N) is 3. The van der Waals surface area contributed by atoms with Crippen molar-refractivity contribution in [3.8, 4) is 11.1 Å². The van der Waals surface area contributed by atoms with Crippen LogP contribution in [0.4, 0.5) is 22.9 Å². The molecule has 308 valence electrons.